The molecule has 0 saturated heterocycles. The average Bonchev–Trinajstić information content (AvgIpc) is 2.53. The lowest BCUT2D eigenvalue weighted by Crippen LogP contribution is -2.23. The van der Waals surface area contributed by atoms with Gasteiger partial charge in [0, 0.05) is 13.0 Å². The average molecular weight is 286 g/mol. The van der Waals surface area contributed by atoms with Crippen LogP contribution in [0.2, 0.25) is 0 Å². The molecule has 0 aliphatic heterocycles. The molecule has 0 radical (unpaired) electrons. The highest BCUT2D eigenvalue weighted by molar-refractivity contribution is 5.26. The van der Waals surface area contributed by atoms with E-state index in [9.17, 15) is 5.11 Å². The summed E-state index contributed by atoms with van der Waals surface area (Å²) in [5.41, 5.74) is 3.02. The van der Waals surface area contributed by atoms with Gasteiger partial charge < -0.3 is 10.4 Å². The second-order valence-electron chi connectivity index (χ2n) is 4.96. The molecule has 0 bridgehead atoms. The van der Waals surface area contributed by atoms with Crippen LogP contribution in [0.15, 0.2) is 30.3 Å². The van der Waals surface area contributed by atoms with Crippen LogP contribution >= 0.6 is 0 Å². The third-order valence-corrected chi connectivity index (χ3v) is 3.32. The van der Waals surface area contributed by atoms with Crippen LogP contribution in [0, 0.1) is 0 Å². The Hall–Kier alpha value is -2.01. The Balaban J connectivity index is 1.90. The molecule has 1 aromatic carbocycles. The van der Waals surface area contributed by atoms with Crippen molar-refractivity contribution in [2.45, 2.75) is 39.2 Å². The molecule has 1 aromatic heterocycles. The van der Waals surface area contributed by atoms with Crippen molar-refractivity contribution in [1.29, 1.82) is 0 Å². The van der Waals surface area contributed by atoms with Crippen LogP contribution in [-0.4, -0.2) is 32.9 Å². The Morgan fingerprint density at radius 2 is 1.76 bits per heavy atom. The van der Waals surface area contributed by atoms with Gasteiger partial charge in [0.05, 0.1) is 17.5 Å². The maximum absolute atomic E-state index is 10.1. The van der Waals surface area contributed by atoms with Gasteiger partial charge in [-0.1, -0.05) is 44.2 Å². The lowest BCUT2D eigenvalue weighted by molar-refractivity contribution is 0.188. The summed E-state index contributed by atoms with van der Waals surface area (Å²) in [5, 5.41) is 21.3. The van der Waals surface area contributed by atoms with E-state index in [0.29, 0.717) is 18.9 Å². The first-order valence-corrected chi connectivity index (χ1v) is 7.41. The van der Waals surface area contributed by atoms with Gasteiger partial charge in [0.2, 0.25) is 5.95 Å². The SMILES string of the molecule is CCc1nnc(NCC(O)Cc2ccccc2)nc1CC. The third kappa shape index (κ3) is 4.49. The van der Waals surface area contributed by atoms with Crippen LogP contribution in [0.4, 0.5) is 5.95 Å². The second kappa shape index (κ2) is 7.69. The Kier molecular flexibility index (Phi) is 5.63. The van der Waals surface area contributed by atoms with Crippen molar-refractivity contribution in [2.24, 2.45) is 0 Å². The van der Waals surface area contributed by atoms with Crippen LogP contribution in [0.3, 0.4) is 0 Å². The van der Waals surface area contributed by atoms with Crippen LogP contribution < -0.4 is 5.32 Å². The molecule has 1 heterocycles. The van der Waals surface area contributed by atoms with Gasteiger partial charge in [-0.05, 0) is 18.4 Å². The zero-order valence-corrected chi connectivity index (χ0v) is 12.6. The molecule has 2 aromatic rings. The molecule has 0 spiro atoms. The molecule has 5 heteroatoms. The summed E-state index contributed by atoms with van der Waals surface area (Å²) in [6.07, 6.45) is 1.79. The number of benzene rings is 1. The topological polar surface area (TPSA) is 70.9 Å². The summed E-state index contributed by atoms with van der Waals surface area (Å²) >= 11 is 0. The molecular weight excluding hydrogens is 264 g/mol. The Labute approximate surface area is 125 Å². The lowest BCUT2D eigenvalue weighted by atomic mass is 10.1. The van der Waals surface area contributed by atoms with E-state index in [1.807, 2.05) is 37.3 Å². The van der Waals surface area contributed by atoms with Crippen molar-refractivity contribution >= 4 is 5.95 Å². The highest BCUT2D eigenvalue weighted by atomic mass is 16.3. The molecular formula is C16H22N4O. The zero-order valence-electron chi connectivity index (χ0n) is 12.6. The predicted octanol–water partition coefficient (Wildman–Crippen LogP) is 2.01. The molecule has 5 nitrogen and oxygen atoms in total. The normalized spacial score (nSPS) is 12.1. The molecule has 0 aliphatic carbocycles. The molecule has 0 saturated carbocycles. The number of nitrogens with zero attached hydrogens (tertiary/aromatic N) is 3. The first-order chi connectivity index (χ1) is 10.2. The standard InChI is InChI=1S/C16H22N4O/c1-3-14-15(4-2)19-20-16(18-14)17-11-13(21)10-12-8-6-5-7-9-12/h5-9,13,21H,3-4,10-11H2,1-2H3,(H,17,18,20). The smallest absolute Gasteiger partial charge is 0.243 e. The number of aryl methyl sites for hydroxylation is 2. The first-order valence-electron chi connectivity index (χ1n) is 7.41. The van der Waals surface area contributed by atoms with Gasteiger partial charge >= 0.3 is 0 Å². The Morgan fingerprint density at radius 3 is 2.43 bits per heavy atom. The summed E-state index contributed by atoms with van der Waals surface area (Å²) in [4.78, 5) is 4.45. The van der Waals surface area contributed by atoms with Gasteiger partial charge in [0.1, 0.15) is 0 Å². The maximum Gasteiger partial charge on any atom is 0.243 e. The number of aliphatic hydroxyl groups is 1. The van der Waals surface area contributed by atoms with Gasteiger partial charge in [-0.15, -0.1) is 5.10 Å². The molecule has 1 unspecified atom stereocenters. The van der Waals surface area contributed by atoms with E-state index < -0.39 is 6.10 Å². The fourth-order valence-corrected chi connectivity index (χ4v) is 2.18. The lowest BCUT2D eigenvalue weighted by Gasteiger charge is -2.12. The quantitative estimate of drug-likeness (QED) is 0.814. The van der Waals surface area contributed by atoms with Crippen molar-refractivity contribution in [3.63, 3.8) is 0 Å². The summed E-state index contributed by atoms with van der Waals surface area (Å²) in [7, 11) is 0. The van der Waals surface area contributed by atoms with Gasteiger partial charge in [0.15, 0.2) is 0 Å². The fraction of sp³-hybridized carbons (Fsp3) is 0.438. The van der Waals surface area contributed by atoms with Crippen LogP contribution in [0.5, 0.6) is 0 Å². The maximum atomic E-state index is 10.1. The van der Waals surface area contributed by atoms with Crippen LogP contribution in [0.1, 0.15) is 30.8 Å². The zero-order chi connectivity index (χ0) is 15.1. The Morgan fingerprint density at radius 1 is 1.05 bits per heavy atom. The summed E-state index contributed by atoms with van der Waals surface area (Å²) in [5.74, 6) is 0.483. The first kappa shape index (κ1) is 15.4. The van der Waals surface area contributed by atoms with Crippen molar-refractivity contribution in [1.82, 2.24) is 15.2 Å². The highest BCUT2D eigenvalue weighted by Gasteiger charge is 2.09. The van der Waals surface area contributed by atoms with Crippen LogP contribution in [-0.2, 0) is 19.3 Å². The van der Waals surface area contributed by atoms with E-state index in [-0.39, 0.29) is 0 Å². The number of anilines is 1. The van der Waals surface area contributed by atoms with Crippen molar-refractivity contribution in [3.05, 3.63) is 47.3 Å². The summed E-state index contributed by atoms with van der Waals surface area (Å²) in [6, 6.07) is 9.92. The third-order valence-electron chi connectivity index (χ3n) is 3.32. The molecule has 0 aliphatic rings. The van der Waals surface area contributed by atoms with E-state index in [0.717, 1.165) is 29.8 Å². The Bertz CT molecular complexity index is 559. The van der Waals surface area contributed by atoms with E-state index in [1.165, 1.54) is 0 Å². The largest absolute Gasteiger partial charge is 0.391 e. The fourth-order valence-electron chi connectivity index (χ4n) is 2.18. The van der Waals surface area contributed by atoms with E-state index in [4.69, 9.17) is 0 Å². The number of nitrogens with one attached hydrogen (secondary N) is 1. The minimum atomic E-state index is -0.480. The van der Waals surface area contributed by atoms with Gasteiger partial charge in [-0.2, -0.15) is 5.10 Å². The highest BCUT2D eigenvalue weighted by Crippen LogP contribution is 2.08. The van der Waals surface area contributed by atoms with E-state index >= 15 is 0 Å². The second-order valence-corrected chi connectivity index (χ2v) is 4.96. The minimum Gasteiger partial charge on any atom is -0.391 e. The molecule has 0 fully saturated rings. The molecule has 21 heavy (non-hydrogen) atoms. The number of aliphatic hydroxyl groups excluding tert-OH is 1. The number of hydrogen-bond acceptors (Lipinski definition) is 5. The number of hydrogen-bond donors (Lipinski definition) is 2. The van der Waals surface area contributed by atoms with Crippen molar-refractivity contribution in [2.75, 3.05) is 11.9 Å². The molecule has 1 atom stereocenters. The van der Waals surface area contributed by atoms with Crippen LogP contribution in [0.25, 0.3) is 0 Å². The van der Waals surface area contributed by atoms with E-state index in [1.54, 1.807) is 0 Å². The predicted molar refractivity (Wildman–Crippen MR) is 83.2 cm³/mol. The van der Waals surface area contributed by atoms with E-state index in [2.05, 4.69) is 27.4 Å². The summed E-state index contributed by atoms with van der Waals surface area (Å²) in [6.45, 7) is 4.50. The monoisotopic (exact) mass is 286 g/mol. The molecule has 112 valence electrons. The van der Waals surface area contributed by atoms with Crippen molar-refractivity contribution in [3.8, 4) is 0 Å². The number of rotatable bonds is 7. The molecule has 2 N–H and O–H groups in total. The summed E-state index contributed by atoms with van der Waals surface area (Å²) < 4.78 is 0. The minimum absolute atomic E-state index is 0.408. The van der Waals surface area contributed by atoms with Crippen molar-refractivity contribution < 1.29 is 5.11 Å². The molecule has 2 rings (SSSR count). The van der Waals surface area contributed by atoms with Gasteiger partial charge in [-0.3, -0.25) is 0 Å². The van der Waals surface area contributed by atoms with Gasteiger partial charge in [-0.25, -0.2) is 4.98 Å². The number of aromatic nitrogens is 3. The molecule has 0 amide bonds. The van der Waals surface area contributed by atoms with Gasteiger partial charge in [0.25, 0.3) is 0 Å².